The van der Waals surface area contributed by atoms with E-state index in [1.54, 1.807) is 62.4 Å². The van der Waals surface area contributed by atoms with Crippen molar-refractivity contribution in [3.05, 3.63) is 117 Å². The third-order valence-corrected chi connectivity index (χ3v) is 7.20. The number of methoxy groups -OCH3 is 2. The molecule has 42 heavy (non-hydrogen) atoms. The van der Waals surface area contributed by atoms with Crippen LogP contribution in [-0.4, -0.2) is 48.3 Å². The van der Waals surface area contributed by atoms with E-state index in [0.29, 0.717) is 16.7 Å². The van der Waals surface area contributed by atoms with Crippen molar-refractivity contribution in [2.45, 2.75) is 27.7 Å². The number of ether oxygens (including phenoxy) is 2. The number of carbonyl (C=O) groups is 4. The van der Waals surface area contributed by atoms with Crippen LogP contribution in [0.25, 0.3) is 22.3 Å². The monoisotopic (exact) mass is 568 g/mol. The first-order valence-electron chi connectivity index (χ1n) is 13.0. The number of aromatic carboxylic acids is 2. The van der Waals surface area contributed by atoms with Gasteiger partial charge >= 0.3 is 23.9 Å². The van der Waals surface area contributed by atoms with E-state index in [1.165, 1.54) is 14.2 Å². The molecule has 0 radical (unpaired) electrons. The van der Waals surface area contributed by atoms with Crippen LogP contribution in [0.1, 0.15) is 63.7 Å². The van der Waals surface area contributed by atoms with Crippen LogP contribution in [-0.2, 0) is 9.47 Å². The Labute approximate surface area is 244 Å². The fraction of sp³-hybridized carbons (Fsp3) is 0.176. The number of hydrogen-bond donors (Lipinski definition) is 2. The molecule has 0 aromatic heterocycles. The predicted molar refractivity (Wildman–Crippen MR) is 159 cm³/mol. The van der Waals surface area contributed by atoms with Gasteiger partial charge in [0, 0.05) is 0 Å². The van der Waals surface area contributed by atoms with Gasteiger partial charge in [-0.1, -0.05) is 36.4 Å². The number of esters is 2. The van der Waals surface area contributed by atoms with Crippen molar-refractivity contribution >= 4 is 23.9 Å². The third-order valence-electron chi connectivity index (χ3n) is 7.20. The maximum atomic E-state index is 11.4. The van der Waals surface area contributed by atoms with Crippen molar-refractivity contribution in [3.8, 4) is 22.3 Å². The summed E-state index contributed by atoms with van der Waals surface area (Å²) in [6.45, 7) is 7.41. The van der Waals surface area contributed by atoms with E-state index < -0.39 is 11.9 Å². The molecule has 4 aromatic rings. The van der Waals surface area contributed by atoms with Crippen molar-refractivity contribution in [1.29, 1.82) is 0 Å². The summed E-state index contributed by atoms with van der Waals surface area (Å²) >= 11 is 0. The molecule has 0 aliphatic carbocycles. The average Bonchev–Trinajstić information content (AvgIpc) is 3.00. The Hall–Kier alpha value is -5.24. The van der Waals surface area contributed by atoms with Gasteiger partial charge < -0.3 is 19.7 Å². The zero-order valence-electron chi connectivity index (χ0n) is 24.3. The van der Waals surface area contributed by atoms with Gasteiger partial charge in [0.15, 0.2) is 0 Å². The molecule has 8 heteroatoms. The second-order valence-electron chi connectivity index (χ2n) is 9.58. The Bertz CT molecular complexity index is 1540. The largest absolute Gasteiger partial charge is 0.478 e. The van der Waals surface area contributed by atoms with Gasteiger partial charge in [-0.25, -0.2) is 19.2 Å². The molecule has 0 saturated carbocycles. The summed E-state index contributed by atoms with van der Waals surface area (Å²) in [6.07, 6.45) is 0. The van der Waals surface area contributed by atoms with E-state index in [0.717, 1.165) is 44.5 Å². The molecule has 4 rings (SSSR count). The van der Waals surface area contributed by atoms with Crippen molar-refractivity contribution < 1.29 is 38.9 Å². The number of rotatable bonds is 6. The molecule has 0 unspecified atom stereocenters. The van der Waals surface area contributed by atoms with Crippen LogP contribution in [0, 0.1) is 27.7 Å². The first-order valence-corrected chi connectivity index (χ1v) is 13.0. The summed E-state index contributed by atoms with van der Waals surface area (Å²) in [5.74, 6) is -2.61. The normalized spacial score (nSPS) is 10.2. The van der Waals surface area contributed by atoms with Gasteiger partial charge in [0.05, 0.1) is 36.5 Å². The van der Waals surface area contributed by atoms with E-state index in [1.807, 2.05) is 38.1 Å². The molecular formula is C34H32O8. The summed E-state index contributed by atoms with van der Waals surface area (Å²) in [7, 11) is 2.70. The molecule has 2 N–H and O–H groups in total. The first-order chi connectivity index (χ1) is 19.9. The smallest absolute Gasteiger partial charge is 0.337 e. The van der Waals surface area contributed by atoms with Gasteiger partial charge in [-0.05, 0) is 109 Å². The standard InChI is InChI=1S/C18H18O4.C16H14O4/c1-9-11(3)16(18(21)22)12(4)10(2)15(9)13-5-7-14(8-6-13)17(19)20;1-19-15(17)13-7-3-11(4-8-13)12-5-9-14(10-6-12)16(18)20-2/h5-8H,1-4H3,(H,19,20)(H,21,22);3-10H,1-2H3. The van der Waals surface area contributed by atoms with Crippen molar-refractivity contribution in [3.63, 3.8) is 0 Å². The van der Waals surface area contributed by atoms with Crippen LogP contribution in [0.2, 0.25) is 0 Å². The molecule has 0 bridgehead atoms. The minimum Gasteiger partial charge on any atom is -0.478 e. The molecule has 0 aliphatic heterocycles. The van der Waals surface area contributed by atoms with Crippen molar-refractivity contribution in [2.75, 3.05) is 14.2 Å². The lowest BCUT2D eigenvalue weighted by atomic mass is 9.85. The van der Waals surface area contributed by atoms with Crippen molar-refractivity contribution in [2.24, 2.45) is 0 Å². The van der Waals surface area contributed by atoms with E-state index >= 15 is 0 Å². The van der Waals surface area contributed by atoms with Crippen LogP contribution in [0.15, 0.2) is 72.8 Å². The SMILES string of the molecule is COC(=O)c1ccc(-c2ccc(C(=O)OC)cc2)cc1.Cc1c(C)c(-c2ccc(C(=O)O)cc2)c(C)c(C)c1C(=O)O. The highest BCUT2D eigenvalue weighted by atomic mass is 16.5. The average molecular weight is 569 g/mol. The minimum absolute atomic E-state index is 0.231. The summed E-state index contributed by atoms with van der Waals surface area (Å²) in [4.78, 5) is 45.1. The Balaban J connectivity index is 0.000000231. The first kappa shape index (κ1) is 31.3. The summed E-state index contributed by atoms with van der Waals surface area (Å²) in [6, 6.07) is 20.8. The zero-order valence-corrected chi connectivity index (χ0v) is 24.3. The number of carbonyl (C=O) groups excluding carboxylic acids is 2. The van der Waals surface area contributed by atoms with Gasteiger partial charge in [-0.3, -0.25) is 0 Å². The molecular weight excluding hydrogens is 536 g/mol. The summed E-state index contributed by atoms with van der Waals surface area (Å²) < 4.78 is 9.29. The molecule has 0 saturated heterocycles. The van der Waals surface area contributed by atoms with Gasteiger partial charge in [-0.15, -0.1) is 0 Å². The molecule has 216 valence electrons. The Kier molecular flexibility index (Phi) is 9.99. The number of carboxylic acid groups (broad SMARTS) is 2. The maximum Gasteiger partial charge on any atom is 0.337 e. The van der Waals surface area contributed by atoms with E-state index in [4.69, 9.17) is 5.11 Å². The lowest BCUT2D eigenvalue weighted by Gasteiger charge is -2.19. The zero-order chi connectivity index (χ0) is 31.1. The Morgan fingerprint density at radius 3 is 1.12 bits per heavy atom. The molecule has 0 spiro atoms. The summed E-state index contributed by atoms with van der Waals surface area (Å²) in [5.41, 5.74) is 8.65. The molecule has 0 atom stereocenters. The predicted octanol–water partition coefficient (Wildman–Crippen LogP) is 6.91. The number of carboxylic acids is 2. The summed E-state index contributed by atoms with van der Waals surface area (Å²) in [5, 5.41) is 18.4. The highest BCUT2D eigenvalue weighted by molar-refractivity contribution is 5.95. The lowest BCUT2D eigenvalue weighted by Crippen LogP contribution is -2.08. The Morgan fingerprint density at radius 2 is 0.810 bits per heavy atom. The highest BCUT2D eigenvalue weighted by Crippen LogP contribution is 2.34. The lowest BCUT2D eigenvalue weighted by molar-refractivity contribution is 0.0592. The fourth-order valence-electron chi connectivity index (χ4n) is 4.68. The molecule has 8 nitrogen and oxygen atoms in total. The van der Waals surface area contributed by atoms with Gasteiger partial charge in [0.25, 0.3) is 0 Å². The van der Waals surface area contributed by atoms with Crippen LogP contribution in [0.5, 0.6) is 0 Å². The minimum atomic E-state index is -0.964. The molecule has 0 heterocycles. The second kappa shape index (κ2) is 13.4. The molecule has 0 amide bonds. The molecule has 0 fully saturated rings. The highest BCUT2D eigenvalue weighted by Gasteiger charge is 2.20. The quantitative estimate of drug-likeness (QED) is 0.240. The van der Waals surface area contributed by atoms with Crippen LogP contribution in [0.3, 0.4) is 0 Å². The van der Waals surface area contributed by atoms with Crippen LogP contribution >= 0.6 is 0 Å². The third kappa shape index (κ3) is 6.72. The van der Waals surface area contributed by atoms with Gasteiger partial charge in [0.2, 0.25) is 0 Å². The topological polar surface area (TPSA) is 127 Å². The van der Waals surface area contributed by atoms with Gasteiger partial charge in [-0.2, -0.15) is 0 Å². The number of hydrogen-bond acceptors (Lipinski definition) is 6. The fourth-order valence-corrected chi connectivity index (χ4v) is 4.68. The maximum absolute atomic E-state index is 11.4. The second-order valence-corrected chi connectivity index (χ2v) is 9.58. The molecule has 0 aliphatic rings. The van der Waals surface area contributed by atoms with E-state index in [9.17, 15) is 24.3 Å². The molecule has 4 aromatic carbocycles. The number of benzene rings is 4. The van der Waals surface area contributed by atoms with Crippen molar-refractivity contribution in [1.82, 2.24) is 0 Å². The van der Waals surface area contributed by atoms with E-state index in [2.05, 4.69) is 9.47 Å². The van der Waals surface area contributed by atoms with Crippen LogP contribution in [0.4, 0.5) is 0 Å². The van der Waals surface area contributed by atoms with E-state index in [-0.39, 0.29) is 17.5 Å². The Morgan fingerprint density at radius 1 is 0.476 bits per heavy atom. The van der Waals surface area contributed by atoms with Crippen LogP contribution < -0.4 is 0 Å². The van der Waals surface area contributed by atoms with Gasteiger partial charge in [0.1, 0.15) is 0 Å².